The van der Waals surface area contributed by atoms with E-state index in [1.54, 1.807) is 24.5 Å². The molecule has 0 aliphatic carbocycles. The van der Waals surface area contributed by atoms with Crippen LogP contribution < -0.4 is 4.74 Å². The highest BCUT2D eigenvalue weighted by molar-refractivity contribution is 9.10. The van der Waals surface area contributed by atoms with Gasteiger partial charge in [-0.1, -0.05) is 22.0 Å². The molecule has 2 rings (SSSR count). The van der Waals surface area contributed by atoms with E-state index < -0.39 is 0 Å². The summed E-state index contributed by atoms with van der Waals surface area (Å²) in [5.41, 5.74) is 0.923. The van der Waals surface area contributed by atoms with Crippen LogP contribution in [0.3, 0.4) is 0 Å². The Morgan fingerprint density at radius 2 is 2.19 bits per heavy atom. The zero-order valence-corrected chi connectivity index (χ0v) is 9.95. The average molecular weight is 282 g/mol. The van der Waals surface area contributed by atoms with Crippen molar-refractivity contribution in [3.8, 4) is 5.75 Å². The Hall–Kier alpha value is -1.42. The molecule has 0 atom stereocenters. The minimum atomic E-state index is -0.303. The quantitative estimate of drug-likeness (QED) is 0.858. The number of benzene rings is 1. The first-order valence-corrected chi connectivity index (χ1v) is 5.52. The monoisotopic (exact) mass is 281 g/mol. The van der Waals surface area contributed by atoms with Gasteiger partial charge in [0.05, 0.1) is 0 Å². The summed E-state index contributed by atoms with van der Waals surface area (Å²) in [6, 6.07) is 7.90. The molecule has 0 bridgehead atoms. The zero-order valence-electron chi connectivity index (χ0n) is 8.36. The lowest BCUT2D eigenvalue weighted by Crippen LogP contribution is -1.97. The number of hydrogen-bond acceptors (Lipinski definition) is 2. The molecular weight excluding hydrogens is 273 g/mol. The van der Waals surface area contributed by atoms with Crippen LogP contribution in [0.5, 0.6) is 5.75 Å². The molecule has 2 nitrogen and oxygen atoms in total. The van der Waals surface area contributed by atoms with Gasteiger partial charge in [-0.05, 0) is 18.2 Å². The van der Waals surface area contributed by atoms with E-state index in [2.05, 4.69) is 20.9 Å². The third kappa shape index (κ3) is 2.79. The molecule has 82 valence electrons. The van der Waals surface area contributed by atoms with Crippen LogP contribution in [0.1, 0.15) is 5.56 Å². The minimum Gasteiger partial charge on any atom is -0.489 e. The molecule has 0 fully saturated rings. The van der Waals surface area contributed by atoms with Gasteiger partial charge in [0.15, 0.2) is 0 Å². The fraction of sp³-hybridized carbons (Fsp3) is 0.0833. The molecule has 0 spiro atoms. The summed E-state index contributed by atoms with van der Waals surface area (Å²) in [6.07, 6.45) is 3.40. The van der Waals surface area contributed by atoms with E-state index in [9.17, 15) is 4.39 Å². The van der Waals surface area contributed by atoms with Gasteiger partial charge in [-0.3, -0.25) is 4.98 Å². The number of nitrogens with zero attached hydrogens (tertiary/aromatic N) is 1. The number of halogens is 2. The van der Waals surface area contributed by atoms with Gasteiger partial charge in [-0.2, -0.15) is 0 Å². The highest BCUT2D eigenvalue weighted by Gasteiger charge is 2.01. The molecule has 0 N–H and O–H groups in total. The average Bonchev–Trinajstić information content (AvgIpc) is 2.28. The molecule has 1 aromatic carbocycles. The Balaban J connectivity index is 2.05. The number of ether oxygens (including phenoxy) is 1. The maximum Gasteiger partial charge on any atom is 0.126 e. The first-order chi connectivity index (χ1) is 7.75. The van der Waals surface area contributed by atoms with Crippen LogP contribution in [-0.4, -0.2) is 4.98 Å². The first kappa shape index (κ1) is 11.1. The minimum absolute atomic E-state index is 0.303. The van der Waals surface area contributed by atoms with Crippen LogP contribution in [0.4, 0.5) is 4.39 Å². The van der Waals surface area contributed by atoms with E-state index in [0.29, 0.717) is 12.4 Å². The van der Waals surface area contributed by atoms with Gasteiger partial charge in [-0.25, -0.2) is 4.39 Å². The van der Waals surface area contributed by atoms with Crippen LogP contribution in [-0.2, 0) is 6.61 Å². The van der Waals surface area contributed by atoms with Crippen LogP contribution in [0.25, 0.3) is 0 Å². The van der Waals surface area contributed by atoms with Crippen LogP contribution >= 0.6 is 15.9 Å². The second-order valence-electron chi connectivity index (χ2n) is 3.21. The Bertz CT molecular complexity index is 490. The summed E-state index contributed by atoms with van der Waals surface area (Å²) < 4.78 is 19.2. The Morgan fingerprint density at radius 3 is 2.94 bits per heavy atom. The number of aromatic nitrogens is 1. The van der Waals surface area contributed by atoms with Crippen molar-refractivity contribution in [1.29, 1.82) is 0 Å². The lowest BCUT2D eigenvalue weighted by molar-refractivity contribution is 0.303. The summed E-state index contributed by atoms with van der Waals surface area (Å²) in [5.74, 6) is 0.207. The molecule has 0 radical (unpaired) electrons. The van der Waals surface area contributed by atoms with Gasteiger partial charge in [0, 0.05) is 28.5 Å². The van der Waals surface area contributed by atoms with Crippen LogP contribution in [0.15, 0.2) is 47.2 Å². The number of pyridine rings is 1. The van der Waals surface area contributed by atoms with E-state index >= 15 is 0 Å². The molecule has 0 saturated heterocycles. The van der Waals surface area contributed by atoms with E-state index in [-0.39, 0.29) is 5.82 Å². The Morgan fingerprint density at radius 1 is 1.31 bits per heavy atom. The molecule has 2 aromatic rings. The third-order valence-corrected chi connectivity index (χ3v) is 2.81. The predicted octanol–water partition coefficient (Wildman–Crippen LogP) is 3.56. The Kier molecular flexibility index (Phi) is 3.51. The SMILES string of the molecule is Fc1cccc(OCc2cnccc2Br)c1. The maximum atomic E-state index is 12.9. The van der Waals surface area contributed by atoms with Crippen LogP contribution in [0, 0.1) is 5.82 Å². The summed E-state index contributed by atoms with van der Waals surface area (Å²) in [7, 11) is 0. The lowest BCUT2D eigenvalue weighted by atomic mass is 10.3. The summed E-state index contributed by atoms with van der Waals surface area (Å²) in [4.78, 5) is 3.99. The van der Waals surface area contributed by atoms with Gasteiger partial charge in [0.2, 0.25) is 0 Å². The summed E-state index contributed by atoms with van der Waals surface area (Å²) in [6.45, 7) is 0.359. The van der Waals surface area contributed by atoms with Gasteiger partial charge in [0.25, 0.3) is 0 Å². The molecule has 4 heteroatoms. The molecule has 0 amide bonds. The van der Waals surface area contributed by atoms with Crippen molar-refractivity contribution in [3.05, 3.63) is 58.6 Å². The highest BCUT2D eigenvalue weighted by Crippen LogP contribution is 2.18. The fourth-order valence-electron chi connectivity index (χ4n) is 1.23. The highest BCUT2D eigenvalue weighted by atomic mass is 79.9. The summed E-state index contributed by atoms with van der Waals surface area (Å²) in [5, 5.41) is 0. The zero-order chi connectivity index (χ0) is 11.4. The summed E-state index contributed by atoms with van der Waals surface area (Å²) >= 11 is 3.39. The molecule has 0 aliphatic rings. The van der Waals surface area contributed by atoms with Crippen molar-refractivity contribution < 1.29 is 9.13 Å². The van der Waals surface area contributed by atoms with Gasteiger partial charge < -0.3 is 4.74 Å². The largest absolute Gasteiger partial charge is 0.489 e. The van der Waals surface area contributed by atoms with E-state index in [1.807, 2.05) is 6.07 Å². The van der Waals surface area contributed by atoms with Gasteiger partial charge in [-0.15, -0.1) is 0 Å². The number of hydrogen-bond donors (Lipinski definition) is 0. The second kappa shape index (κ2) is 5.07. The first-order valence-electron chi connectivity index (χ1n) is 4.72. The van der Waals surface area contributed by atoms with Crippen LogP contribution in [0.2, 0.25) is 0 Å². The van der Waals surface area contributed by atoms with E-state index in [1.165, 1.54) is 12.1 Å². The van der Waals surface area contributed by atoms with Crippen molar-refractivity contribution in [3.63, 3.8) is 0 Å². The molecule has 16 heavy (non-hydrogen) atoms. The topological polar surface area (TPSA) is 22.1 Å². The molecule has 0 unspecified atom stereocenters. The standard InChI is InChI=1S/C12H9BrFNO/c13-12-4-5-15-7-9(12)8-16-11-3-1-2-10(14)6-11/h1-7H,8H2. The Labute approximate surface area is 101 Å². The van der Waals surface area contributed by atoms with E-state index in [0.717, 1.165) is 10.0 Å². The van der Waals surface area contributed by atoms with Crippen molar-refractivity contribution in [1.82, 2.24) is 4.98 Å². The molecule has 1 aromatic heterocycles. The predicted molar refractivity (Wildman–Crippen MR) is 62.7 cm³/mol. The third-order valence-electron chi connectivity index (χ3n) is 2.03. The molecular formula is C12H9BrFNO. The molecule has 1 heterocycles. The van der Waals surface area contributed by atoms with Crippen molar-refractivity contribution in [2.24, 2.45) is 0 Å². The lowest BCUT2D eigenvalue weighted by Gasteiger charge is -2.07. The van der Waals surface area contributed by atoms with E-state index in [4.69, 9.17) is 4.74 Å². The van der Waals surface area contributed by atoms with Crippen molar-refractivity contribution in [2.75, 3.05) is 0 Å². The van der Waals surface area contributed by atoms with Gasteiger partial charge >= 0.3 is 0 Å². The molecule has 0 saturated carbocycles. The fourth-order valence-corrected chi connectivity index (χ4v) is 1.57. The normalized spacial score (nSPS) is 10.1. The number of rotatable bonds is 3. The second-order valence-corrected chi connectivity index (χ2v) is 4.07. The van der Waals surface area contributed by atoms with Crippen molar-refractivity contribution >= 4 is 15.9 Å². The maximum absolute atomic E-state index is 12.9. The van der Waals surface area contributed by atoms with Crippen molar-refractivity contribution in [2.45, 2.75) is 6.61 Å². The smallest absolute Gasteiger partial charge is 0.126 e. The van der Waals surface area contributed by atoms with Gasteiger partial charge in [0.1, 0.15) is 18.2 Å². The molecule has 0 aliphatic heterocycles.